The van der Waals surface area contributed by atoms with Gasteiger partial charge in [0.2, 0.25) is 5.91 Å². The lowest BCUT2D eigenvalue weighted by Gasteiger charge is -2.31. The number of hydrogen-bond acceptors (Lipinski definition) is 6. The zero-order valence-electron chi connectivity index (χ0n) is 17.5. The zero-order valence-corrected chi connectivity index (χ0v) is 18.4. The van der Waals surface area contributed by atoms with E-state index in [1.165, 1.54) is 25.3 Å². The fourth-order valence-electron chi connectivity index (χ4n) is 3.28. The van der Waals surface area contributed by atoms with Gasteiger partial charge in [-0.2, -0.15) is 8.42 Å². The molecule has 0 aromatic heterocycles. The molecule has 0 saturated heterocycles. The van der Waals surface area contributed by atoms with Gasteiger partial charge in [0.1, 0.15) is 10.6 Å². The van der Waals surface area contributed by atoms with Gasteiger partial charge in [0, 0.05) is 26.1 Å². The first kappa shape index (κ1) is 23.0. The van der Waals surface area contributed by atoms with Crippen molar-refractivity contribution in [3.05, 3.63) is 53.8 Å². The highest BCUT2D eigenvalue weighted by Gasteiger charge is 2.29. The van der Waals surface area contributed by atoms with Gasteiger partial charge in [-0.1, -0.05) is 18.6 Å². The van der Waals surface area contributed by atoms with E-state index in [9.17, 15) is 17.6 Å². The minimum atomic E-state index is -4.24. The summed E-state index contributed by atoms with van der Waals surface area (Å²) < 4.78 is 54.2. The molecule has 9 heteroatoms. The monoisotopic (exact) mass is 451 g/mol. The van der Waals surface area contributed by atoms with Gasteiger partial charge in [-0.05, 0) is 48.7 Å². The Morgan fingerprint density at radius 2 is 1.94 bits per heavy atom. The van der Waals surface area contributed by atoms with E-state index < -0.39 is 15.9 Å². The molecule has 0 unspecified atom stereocenters. The largest absolute Gasteiger partial charge is 0.494 e. The van der Waals surface area contributed by atoms with Crippen LogP contribution in [-0.2, 0) is 26.2 Å². The van der Waals surface area contributed by atoms with Crippen LogP contribution in [0.25, 0.3) is 0 Å². The molecule has 0 spiro atoms. The fraction of sp³-hybridized carbons (Fsp3) is 0.409. The molecule has 0 N–H and O–H groups in total. The van der Waals surface area contributed by atoms with Gasteiger partial charge in [-0.15, -0.1) is 0 Å². The first-order valence-electron chi connectivity index (χ1n) is 9.98. The maximum absolute atomic E-state index is 13.9. The van der Waals surface area contributed by atoms with Gasteiger partial charge in [0.25, 0.3) is 0 Å². The van der Waals surface area contributed by atoms with Crippen LogP contribution in [0, 0.1) is 11.7 Å². The molecule has 2 aromatic rings. The van der Waals surface area contributed by atoms with Crippen LogP contribution in [0.15, 0.2) is 47.4 Å². The molecule has 168 valence electrons. The maximum Gasteiger partial charge on any atom is 0.339 e. The number of hydrogen-bond donors (Lipinski definition) is 0. The second kappa shape index (κ2) is 10.1. The Bertz CT molecular complexity index is 1020. The van der Waals surface area contributed by atoms with E-state index in [4.69, 9.17) is 13.7 Å². The second-order valence-electron chi connectivity index (χ2n) is 7.36. The molecule has 0 atom stereocenters. The van der Waals surface area contributed by atoms with Gasteiger partial charge in [0.05, 0.1) is 13.7 Å². The summed E-state index contributed by atoms with van der Waals surface area (Å²) in [4.78, 5) is 14.1. The second-order valence-corrected chi connectivity index (χ2v) is 8.91. The number of ether oxygens (including phenoxy) is 2. The number of amides is 1. The van der Waals surface area contributed by atoms with Crippen molar-refractivity contribution in [2.75, 3.05) is 27.4 Å². The van der Waals surface area contributed by atoms with E-state index in [0.717, 1.165) is 30.9 Å². The Morgan fingerprint density at radius 1 is 1.16 bits per heavy atom. The van der Waals surface area contributed by atoms with E-state index in [0.29, 0.717) is 19.7 Å². The Labute approximate surface area is 181 Å². The summed E-state index contributed by atoms with van der Waals surface area (Å²) in [5.41, 5.74) is 0.720. The van der Waals surface area contributed by atoms with Gasteiger partial charge in [-0.3, -0.25) is 4.79 Å². The molecular weight excluding hydrogens is 425 g/mol. The molecule has 1 saturated carbocycles. The van der Waals surface area contributed by atoms with Gasteiger partial charge >= 0.3 is 10.1 Å². The number of halogens is 1. The summed E-state index contributed by atoms with van der Waals surface area (Å²) in [5, 5.41) is 0. The summed E-state index contributed by atoms with van der Waals surface area (Å²) in [6.07, 6.45) is 2.84. The van der Waals surface area contributed by atoms with Crippen LogP contribution in [0.1, 0.15) is 24.8 Å². The minimum absolute atomic E-state index is 0.0432. The SMILES string of the molecule is COCCN(Cc1cccc(OS(=O)(=O)c2ccc(OC)c(F)c2)c1)C(=O)C1CCC1. The highest BCUT2D eigenvalue weighted by molar-refractivity contribution is 7.87. The molecule has 0 heterocycles. The first-order chi connectivity index (χ1) is 14.8. The lowest BCUT2D eigenvalue weighted by Crippen LogP contribution is -2.40. The normalized spacial score (nSPS) is 14.0. The number of methoxy groups -OCH3 is 2. The predicted octanol–water partition coefficient (Wildman–Crippen LogP) is 3.38. The smallest absolute Gasteiger partial charge is 0.339 e. The maximum atomic E-state index is 13.9. The zero-order chi connectivity index (χ0) is 22.4. The Balaban J connectivity index is 1.75. The molecule has 0 radical (unpaired) electrons. The molecule has 31 heavy (non-hydrogen) atoms. The van der Waals surface area contributed by atoms with Crippen LogP contribution in [0.4, 0.5) is 4.39 Å². The number of benzene rings is 2. The standard InChI is InChI=1S/C22H26FNO6S/c1-28-12-11-24(22(25)17-6-4-7-17)15-16-5-3-8-18(13-16)30-31(26,27)19-9-10-21(29-2)20(23)14-19/h3,5,8-10,13-14,17H,4,6-7,11-12,15H2,1-2H3. The van der Waals surface area contributed by atoms with Crippen molar-refractivity contribution in [3.8, 4) is 11.5 Å². The van der Waals surface area contributed by atoms with E-state index in [2.05, 4.69) is 0 Å². The third-order valence-electron chi connectivity index (χ3n) is 5.22. The molecule has 0 bridgehead atoms. The van der Waals surface area contributed by atoms with Crippen LogP contribution in [0.2, 0.25) is 0 Å². The van der Waals surface area contributed by atoms with Crippen molar-refractivity contribution >= 4 is 16.0 Å². The predicted molar refractivity (Wildman–Crippen MR) is 112 cm³/mol. The summed E-state index contributed by atoms with van der Waals surface area (Å²) in [6.45, 7) is 1.17. The van der Waals surface area contributed by atoms with Crippen LogP contribution in [-0.4, -0.2) is 46.6 Å². The topological polar surface area (TPSA) is 82.1 Å². The highest BCUT2D eigenvalue weighted by atomic mass is 32.2. The van der Waals surface area contributed by atoms with E-state index >= 15 is 0 Å². The van der Waals surface area contributed by atoms with E-state index in [1.54, 1.807) is 30.2 Å². The number of rotatable bonds is 10. The Hall–Kier alpha value is -2.65. The number of carbonyl (C=O) groups is 1. The number of carbonyl (C=O) groups excluding carboxylic acids is 1. The molecule has 1 aliphatic carbocycles. The van der Waals surface area contributed by atoms with Crippen molar-refractivity contribution in [1.82, 2.24) is 4.90 Å². The summed E-state index contributed by atoms with van der Waals surface area (Å²) in [5.74, 6) is -0.661. The van der Waals surface area contributed by atoms with Crippen LogP contribution < -0.4 is 8.92 Å². The average molecular weight is 452 g/mol. The van der Waals surface area contributed by atoms with Crippen LogP contribution in [0.3, 0.4) is 0 Å². The third-order valence-corrected chi connectivity index (χ3v) is 6.46. The quantitative estimate of drug-likeness (QED) is 0.515. The van der Waals surface area contributed by atoms with Crippen LogP contribution in [0.5, 0.6) is 11.5 Å². The fourth-order valence-corrected chi connectivity index (χ4v) is 4.21. The molecular formula is C22H26FNO6S. The Morgan fingerprint density at radius 3 is 2.55 bits per heavy atom. The Kier molecular flexibility index (Phi) is 7.50. The molecule has 3 rings (SSSR count). The summed E-state index contributed by atoms with van der Waals surface area (Å²) in [7, 11) is -1.37. The molecule has 7 nitrogen and oxygen atoms in total. The molecule has 2 aromatic carbocycles. The first-order valence-corrected chi connectivity index (χ1v) is 11.4. The summed E-state index contributed by atoms with van der Waals surface area (Å²) >= 11 is 0. The summed E-state index contributed by atoms with van der Waals surface area (Å²) in [6, 6.07) is 9.78. The average Bonchev–Trinajstić information content (AvgIpc) is 2.69. The van der Waals surface area contributed by atoms with Crippen molar-refractivity contribution < 1.29 is 31.3 Å². The van der Waals surface area contributed by atoms with E-state index in [-0.39, 0.29) is 28.2 Å². The lowest BCUT2D eigenvalue weighted by molar-refractivity contribution is -0.139. The van der Waals surface area contributed by atoms with E-state index in [1.807, 2.05) is 0 Å². The molecule has 1 fully saturated rings. The van der Waals surface area contributed by atoms with Crippen molar-refractivity contribution in [2.45, 2.75) is 30.7 Å². The van der Waals surface area contributed by atoms with Crippen LogP contribution >= 0.6 is 0 Å². The molecule has 1 aliphatic rings. The minimum Gasteiger partial charge on any atom is -0.494 e. The van der Waals surface area contributed by atoms with Gasteiger partial charge < -0.3 is 18.6 Å². The molecule has 0 aliphatic heterocycles. The number of nitrogens with zero attached hydrogens (tertiary/aromatic N) is 1. The van der Waals surface area contributed by atoms with Crippen molar-refractivity contribution in [2.24, 2.45) is 5.92 Å². The molecule has 1 amide bonds. The van der Waals surface area contributed by atoms with Gasteiger partial charge in [0.15, 0.2) is 11.6 Å². The highest BCUT2D eigenvalue weighted by Crippen LogP contribution is 2.29. The third kappa shape index (κ3) is 5.74. The van der Waals surface area contributed by atoms with Crippen molar-refractivity contribution in [1.29, 1.82) is 0 Å². The lowest BCUT2D eigenvalue weighted by atomic mass is 9.84. The van der Waals surface area contributed by atoms with Gasteiger partial charge in [-0.25, -0.2) is 4.39 Å². The van der Waals surface area contributed by atoms with Crippen molar-refractivity contribution in [3.63, 3.8) is 0 Å².